The molecule has 0 aliphatic heterocycles. The summed E-state index contributed by atoms with van der Waals surface area (Å²) in [6.45, 7) is 2.21. The Hall–Kier alpha value is -3.67. The Morgan fingerprint density at radius 1 is 1.24 bits per heavy atom. The molecule has 0 saturated carbocycles. The molecule has 2 amide bonds. The normalized spacial score (nSPS) is 11.9. The first-order chi connectivity index (χ1) is 15.6. The number of amides is 2. The van der Waals surface area contributed by atoms with Crippen molar-refractivity contribution in [1.82, 2.24) is 14.9 Å². The lowest BCUT2D eigenvalue weighted by Gasteiger charge is -2.11. The van der Waals surface area contributed by atoms with Gasteiger partial charge in [-0.3, -0.25) is 14.6 Å². The van der Waals surface area contributed by atoms with Crippen LogP contribution in [0.25, 0.3) is 11.3 Å². The minimum Gasteiger partial charge on any atom is -0.406 e. The summed E-state index contributed by atoms with van der Waals surface area (Å²) in [5, 5.41) is 4.44. The summed E-state index contributed by atoms with van der Waals surface area (Å²) in [6, 6.07) is 6.88. The van der Waals surface area contributed by atoms with E-state index >= 15 is 0 Å². The summed E-state index contributed by atoms with van der Waals surface area (Å²) in [6.07, 6.45) is -1.46. The van der Waals surface area contributed by atoms with Gasteiger partial charge in [0.05, 0.1) is 11.3 Å². The molecule has 0 unspecified atom stereocenters. The second-order valence-electron chi connectivity index (χ2n) is 6.84. The van der Waals surface area contributed by atoms with Crippen molar-refractivity contribution in [3.8, 4) is 17.0 Å². The van der Waals surface area contributed by atoms with E-state index in [1.165, 1.54) is 61.0 Å². The van der Waals surface area contributed by atoms with E-state index in [2.05, 4.69) is 20.0 Å². The van der Waals surface area contributed by atoms with Gasteiger partial charge >= 0.3 is 6.36 Å². The van der Waals surface area contributed by atoms with Gasteiger partial charge in [0.2, 0.25) is 5.91 Å². The van der Waals surface area contributed by atoms with Crippen molar-refractivity contribution in [2.75, 3.05) is 12.3 Å². The average Bonchev–Trinajstić information content (AvgIpc) is 3.13. The molecule has 3 rings (SSSR count). The van der Waals surface area contributed by atoms with E-state index in [1.807, 2.05) is 0 Å². The number of alkyl halides is 3. The van der Waals surface area contributed by atoms with Gasteiger partial charge in [-0.15, -0.1) is 24.5 Å². The van der Waals surface area contributed by atoms with Crippen LogP contribution in [0.2, 0.25) is 0 Å². The molecule has 0 atom stereocenters. The van der Waals surface area contributed by atoms with Crippen LogP contribution < -0.4 is 20.6 Å². The zero-order valence-corrected chi connectivity index (χ0v) is 18.2. The smallest absolute Gasteiger partial charge is 0.406 e. The minimum absolute atomic E-state index is 0.158. The Bertz CT molecular complexity index is 1200. The molecule has 0 radical (unpaired) electrons. The third-order valence-corrected chi connectivity index (χ3v) is 5.26. The molecule has 174 valence electrons. The predicted molar refractivity (Wildman–Crippen MR) is 116 cm³/mol. The van der Waals surface area contributed by atoms with Gasteiger partial charge < -0.3 is 20.4 Å². The lowest BCUT2D eigenvalue weighted by molar-refractivity contribution is -0.274. The van der Waals surface area contributed by atoms with Crippen LogP contribution in [0.15, 0.2) is 53.1 Å². The van der Waals surface area contributed by atoms with Crippen molar-refractivity contribution in [3.05, 3.63) is 58.5 Å². The maximum Gasteiger partial charge on any atom is 0.573 e. The molecule has 0 saturated heterocycles. The molecule has 3 aromatic rings. The molecule has 2 aromatic heterocycles. The number of benzene rings is 1. The fourth-order valence-corrected chi connectivity index (χ4v) is 3.86. The summed E-state index contributed by atoms with van der Waals surface area (Å²) in [5.74, 6) is -1.08. The summed E-state index contributed by atoms with van der Waals surface area (Å²) < 4.78 is 43.0. The zero-order valence-electron chi connectivity index (χ0n) is 17.4. The standard InChI is InChI=1S/C21H20F3N5O3S/c1-13(30)27-8-2-10-29-18(14-3-5-15(6-4-14)32-21(22,23)24)12-33-20(29)28-19(31)16-11-26-9-7-17(16)25/h3-7,9,11-12H,2,8,10H2,1H3,(H2,25,26)(H,27,30). The SMILES string of the molecule is CC(=O)NCCCn1c(-c2ccc(OC(F)(F)F)cc2)csc1=NC(=O)c1cnccc1N. The summed E-state index contributed by atoms with van der Waals surface area (Å²) >= 11 is 1.19. The van der Waals surface area contributed by atoms with Crippen molar-refractivity contribution in [3.63, 3.8) is 0 Å². The number of carbonyl (C=O) groups is 2. The van der Waals surface area contributed by atoms with Gasteiger partial charge in [0.1, 0.15) is 5.75 Å². The number of anilines is 1. The maximum absolute atomic E-state index is 12.7. The number of thiazole rings is 1. The molecule has 0 aliphatic rings. The van der Waals surface area contributed by atoms with Gasteiger partial charge in [-0.2, -0.15) is 4.99 Å². The largest absolute Gasteiger partial charge is 0.573 e. The first-order valence-corrected chi connectivity index (χ1v) is 10.6. The van der Waals surface area contributed by atoms with E-state index in [1.54, 1.807) is 9.95 Å². The van der Waals surface area contributed by atoms with Crippen LogP contribution in [-0.2, 0) is 11.3 Å². The Kier molecular flexibility index (Phi) is 7.48. The Balaban J connectivity index is 1.95. The monoisotopic (exact) mass is 479 g/mol. The molecule has 3 N–H and O–H groups in total. The number of nitrogens with one attached hydrogen (secondary N) is 1. The summed E-state index contributed by atoms with van der Waals surface area (Å²) in [7, 11) is 0. The van der Waals surface area contributed by atoms with Crippen LogP contribution in [-0.4, -0.2) is 34.3 Å². The number of hydrogen-bond donors (Lipinski definition) is 2. The van der Waals surface area contributed by atoms with E-state index in [9.17, 15) is 22.8 Å². The van der Waals surface area contributed by atoms with Crippen LogP contribution in [0.5, 0.6) is 5.75 Å². The highest BCUT2D eigenvalue weighted by molar-refractivity contribution is 7.07. The van der Waals surface area contributed by atoms with Gasteiger partial charge in [-0.1, -0.05) is 0 Å². The van der Waals surface area contributed by atoms with Crippen LogP contribution in [0.4, 0.5) is 18.9 Å². The number of ether oxygens (including phenoxy) is 1. The van der Waals surface area contributed by atoms with Gasteiger partial charge in [0.15, 0.2) is 4.80 Å². The van der Waals surface area contributed by atoms with E-state index in [4.69, 9.17) is 5.73 Å². The van der Waals surface area contributed by atoms with Crippen LogP contribution in [0, 0.1) is 0 Å². The lowest BCUT2D eigenvalue weighted by atomic mass is 10.1. The lowest BCUT2D eigenvalue weighted by Crippen LogP contribution is -2.24. The number of carbonyl (C=O) groups excluding carboxylic acids is 2. The molecule has 2 heterocycles. The Morgan fingerprint density at radius 2 is 1.97 bits per heavy atom. The molecule has 1 aromatic carbocycles. The molecular formula is C21H20F3N5O3S. The van der Waals surface area contributed by atoms with Crippen LogP contribution >= 0.6 is 11.3 Å². The van der Waals surface area contributed by atoms with Gasteiger partial charge in [-0.25, -0.2) is 0 Å². The third-order valence-electron chi connectivity index (χ3n) is 4.40. The Morgan fingerprint density at radius 3 is 2.61 bits per heavy atom. The highest BCUT2D eigenvalue weighted by Crippen LogP contribution is 2.27. The highest BCUT2D eigenvalue weighted by atomic mass is 32.1. The molecule has 8 nitrogen and oxygen atoms in total. The number of nitrogen functional groups attached to an aromatic ring is 1. The molecular weight excluding hydrogens is 459 g/mol. The van der Waals surface area contributed by atoms with E-state index in [-0.39, 0.29) is 22.9 Å². The maximum atomic E-state index is 12.7. The summed E-state index contributed by atoms with van der Waals surface area (Å²) in [5.41, 5.74) is 7.49. The van der Waals surface area contributed by atoms with E-state index in [0.717, 1.165) is 0 Å². The number of hydrogen-bond acceptors (Lipinski definition) is 6. The molecule has 0 bridgehead atoms. The number of aromatic nitrogens is 2. The number of nitrogens with two attached hydrogens (primary N) is 1. The molecule has 0 aliphatic carbocycles. The van der Waals surface area contributed by atoms with Crippen molar-refractivity contribution in [1.29, 1.82) is 0 Å². The van der Waals surface area contributed by atoms with Gasteiger partial charge in [-0.05, 0) is 42.3 Å². The topological polar surface area (TPSA) is 112 Å². The number of pyridine rings is 1. The third kappa shape index (κ3) is 6.65. The first-order valence-electron chi connectivity index (χ1n) is 9.71. The van der Waals surface area contributed by atoms with Crippen LogP contribution in [0.3, 0.4) is 0 Å². The highest BCUT2D eigenvalue weighted by Gasteiger charge is 2.31. The van der Waals surface area contributed by atoms with E-state index < -0.39 is 12.3 Å². The van der Waals surface area contributed by atoms with Crippen molar-refractivity contribution in [2.24, 2.45) is 4.99 Å². The van der Waals surface area contributed by atoms with Gasteiger partial charge in [0, 0.05) is 43.5 Å². The number of rotatable bonds is 7. The van der Waals surface area contributed by atoms with Gasteiger partial charge in [0.25, 0.3) is 5.91 Å². The minimum atomic E-state index is -4.78. The second-order valence-corrected chi connectivity index (χ2v) is 7.68. The van der Waals surface area contributed by atoms with Crippen molar-refractivity contribution in [2.45, 2.75) is 26.3 Å². The van der Waals surface area contributed by atoms with E-state index in [0.29, 0.717) is 35.6 Å². The Labute approximate surface area is 190 Å². The number of halogens is 3. The van der Waals surface area contributed by atoms with Crippen LogP contribution in [0.1, 0.15) is 23.7 Å². The van der Waals surface area contributed by atoms with Crippen molar-refractivity contribution < 1.29 is 27.5 Å². The molecule has 0 fully saturated rings. The average molecular weight is 479 g/mol. The fraction of sp³-hybridized carbons (Fsp3) is 0.238. The first kappa shape index (κ1) is 24.0. The van der Waals surface area contributed by atoms with Crippen molar-refractivity contribution >= 4 is 28.8 Å². The second kappa shape index (κ2) is 10.3. The molecule has 12 heteroatoms. The summed E-state index contributed by atoms with van der Waals surface area (Å²) in [4.78, 5) is 32.2. The molecule has 33 heavy (non-hydrogen) atoms. The fourth-order valence-electron chi connectivity index (χ4n) is 2.93. The predicted octanol–water partition coefficient (Wildman–Crippen LogP) is 3.36. The zero-order chi connectivity index (χ0) is 24.0. The molecule has 0 spiro atoms. The quantitative estimate of drug-likeness (QED) is 0.505. The number of nitrogens with zero attached hydrogens (tertiary/aromatic N) is 3.